The molecule has 138 valence electrons. The number of nitrogens with zero attached hydrogens (tertiary/aromatic N) is 1. The van der Waals surface area contributed by atoms with Gasteiger partial charge in [-0.3, -0.25) is 4.79 Å². The predicted octanol–water partition coefficient (Wildman–Crippen LogP) is -1.09. The SMILES string of the molecule is C.C=CC(=O)NC(CC)CS(=O)(=O)[O-].C=CC(C)[N+](C)(C)CC.[Na+]. The second-order valence-corrected chi connectivity index (χ2v) is 7.06. The Morgan fingerprint density at radius 2 is 1.75 bits per heavy atom. The molecule has 0 fully saturated rings. The minimum Gasteiger partial charge on any atom is -0.748 e. The van der Waals surface area contributed by atoms with E-state index in [4.69, 9.17) is 0 Å². The number of quaternary nitrogens is 1. The van der Waals surface area contributed by atoms with Crippen molar-refractivity contribution in [3.05, 3.63) is 25.3 Å². The number of carbonyl (C=O) groups is 1. The fraction of sp³-hybridized carbons (Fsp3) is 0.688. The maximum Gasteiger partial charge on any atom is 1.00 e. The van der Waals surface area contributed by atoms with E-state index in [9.17, 15) is 17.8 Å². The molecule has 0 aliphatic rings. The largest absolute Gasteiger partial charge is 1.00 e. The van der Waals surface area contributed by atoms with Gasteiger partial charge in [-0.15, -0.1) is 0 Å². The smallest absolute Gasteiger partial charge is 0.748 e. The Balaban J connectivity index is -0.000000162. The Labute approximate surface area is 171 Å². The summed E-state index contributed by atoms with van der Waals surface area (Å²) >= 11 is 0. The molecule has 0 saturated heterocycles. The van der Waals surface area contributed by atoms with Crippen LogP contribution in [0.5, 0.6) is 0 Å². The van der Waals surface area contributed by atoms with E-state index in [1.165, 1.54) is 0 Å². The molecule has 1 amide bonds. The Morgan fingerprint density at radius 1 is 1.29 bits per heavy atom. The van der Waals surface area contributed by atoms with Crippen LogP contribution < -0.4 is 34.9 Å². The molecule has 0 aromatic rings. The summed E-state index contributed by atoms with van der Waals surface area (Å²) in [6.07, 6.45) is 3.42. The zero-order chi connectivity index (χ0) is 18.0. The fourth-order valence-electron chi connectivity index (χ4n) is 1.34. The summed E-state index contributed by atoms with van der Waals surface area (Å²) in [5.41, 5.74) is 0. The third-order valence-corrected chi connectivity index (χ3v) is 4.50. The van der Waals surface area contributed by atoms with Gasteiger partial charge in [-0.25, -0.2) is 8.42 Å². The molecule has 0 bridgehead atoms. The Morgan fingerprint density at radius 3 is 1.96 bits per heavy atom. The van der Waals surface area contributed by atoms with Crippen molar-refractivity contribution >= 4 is 16.0 Å². The second-order valence-electron chi connectivity index (χ2n) is 5.61. The van der Waals surface area contributed by atoms with Crippen molar-refractivity contribution in [1.29, 1.82) is 0 Å². The van der Waals surface area contributed by atoms with Crippen LogP contribution in [0.4, 0.5) is 0 Å². The van der Waals surface area contributed by atoms with Crippen molar-refractivity contribution in [2.45, 2.75) is 46.7 Å². The van der Waals surface area contributed by atoms with Crippen molar-refractivity contribution in [1.82, 2.24) is 5.32 Å². The molecule has 0 aromatic heterocycles. The van der Waals surface area contributed by atoms with E-state index in [1.54, 1.807) is 6.92 Å². The summed E-state index contributed by atoms with van der Waals surface area (Å²) in [5.74, 6) is -1.06. The zero-order valence-electron chi connectivity index (χ0n) is 15.3. The predicted molar refractivity (Wildman–Crippen MR) is 96.0 cm³/mol. The molecular weight excluding hydrogens is 339 g/mol. The topological polar surface area (TPSA) is 86.3 Å². The summed E-state index contributed by atoms with van der Waals surface area (Å²) in [4.78, 5) is 10.7. The van der Waals surface area contributed by atoms with Gasteiger partial charge in [-0.1, -0.05) is 27.5 Å². The summed E-state index contributed by atoms with van der Waals surface area (Å²) in [6, 6.07) is -0.0667. The second kappa shape index (κ2) is 15.1. The molecule has 0 heterocycles. The molecule has 0 aromatic carbocycles. The maximum absolute atomic E-state index is 10.7. The van der Waals surface area contributed by atoms with Gasteiger partial charge in [0.2, 0.25) is 5.91 Å². The molecule has 0 radical (unpaired) electrons. The van der Waals surface area contributed by atoms with E-state index in [1.807, 2.05) is 6.08 Å². The van der Waals surface area contributed by atoms with Crippen molar-refractivity contribution in [2.75, 3.05) is 26.4 Å². The number of hydrogen-bond donors (Lipinski definition) is 1. The third-order valence-electron chi connectivity index (χ3n) is 3.69. The molecule has 24 heavy (non-hydrogen) atoms. The Hall–Kier alpha value is -0.180. The molecule has 6 nitrogen and oxygen atoms in total. The summed E-state index contributed by atoms with van der Waals surface area (Å²) in [7, 11) is 0.141. The van der Waals surface area contributed by atoms with E-state index in [-0.39, 0.29) is 37.0 Å². The molecule has 0 aliphatic carbocycles. The monoisotopic (exact) mass is 373 g/mol. The summed E-state index contributed by atoms with van der Waals surface area (Å²) in [6.45, 7) is 14.2. The molecule has 0 aliphatic heterocycles. The Bertz CT molecular complexity index is 465. The van der Waals surface area contributed by atoms with Crippen LogP contribution in [0, 0.1) is 0 Å². The van der Waals surface area contributed by atoms with Crippen LogP contribution in [-0.2, 0) is 14.9 Å². The van der Waals surface area contributed by atoms with Crippen molar-refractivity contribution in [3.63, 3.8) is 0 Å². The van der Waals surface area contributed by atoms with Gasteiger partial charge in [-0.05, 0) is 32.4 Å². The first-order chi connectivity index (χ1) is 9.93. The molecule has 1 N–H and O–H groups in total. The average Bonchev–Trinajstić information content (AvgIpc) is 2.44. The van der Waals surface area contributed by atoms with Gasteiger partial charge in [0.1, 0.15) is 6.04 Å². The standard InChI is InChI=1S/C8H18N.C7H13NO4S.CH4.Na/c1-6-8(3)9(4,5)7-2;1-3-6(5-13(10,11)12)8-7(9)4-2;;/h6,8H,1,7H2,2-5H3;4,6H,2-3,5H2,1H3,(H,8,9)(H,10,11,12);1H4;/q+1;;;+1/p-1. The van der Waals surface area contributed by atoms with Gasteiger partial charge in [0.25, 0.3) is 0 Å². The van der Waals surface area contributed by atoms with Crippen LogP contribution in [-0.4, -0.2) is 61.8 Å². The van der Waals surface area contributed by atoms with Gasteiger partial charge in [0.15, 0.2) is 0 Å². The number of amides is 1. The first kappa shape index (κ1) is 31.6. The number of likely N-dealkylation sites (N-methyl/N-ethyl adjacent to an activating group) is 1. The molecular formula is C16H34N2NaO4S+. The first-order valence-corrected chi connectivity index (χ1v) is 8.82. The van der Waals surface area contributed by atoms with Crippen LogP contribution in [0.1, 0.15) is 34.6 Å². The first-order valence-electron chi connectivity index (χ1n) is 7.25. The van der Waals surface area contributed by atoms with Gasteiger partial charge in [0.05, 0.1) is 36.5 Å². The summed E-state index contributed by atoms with van der Waals surface area (Å²) in [5, 5.41) is 2.34. The molecule has 0 spiro atoms. The number of carbonyl (C=O) groups excluding carboxylic acids is 1. The van der Waals surface area contributed by atoms with Crippen LogP contribution in [0.2, 0.25) is 0 Å². The van der Waals surface area contributed by atoms with E-state index < -0.39 is 27.8 Å². The van der Waals surface area contributed by atoms with Gasteiger partial charge in [-0.2, -0.15) is 0 Å². The molecule has 8 heteroatoms. The van der Waals surface area contributed by atoms with Crippen molar-refractivity contribution < 1.29 is 51.8 Å². The van der Waals surface area contributed by atoms with Crippen LogP contribution in [0.3, 0.4) is 0 Å². The van der Waals surface area contributed by atoms with E-state index in [2.05, 4.69) is 46.4 Å². The van der Waals surface area contributed by atoms with Crippen molar-refractivity contribution in [2.24, 2.45) is 0 Å². The maximum atomic E-state index is 10.7. The zero-order valence-corrected chi connectivity index (χ0v) is 18.1. The normalized spacial score (nSPS) is 12.9. The van der Waals surface area contributed by atoms with Gasteiger partial charge >= 0.3 is 29.6 Å². The molecule has 0 rings (SSSR count). The molecule has 2 unspecified atom stereocenters. The third kappa shape index (κ3) is 16.7. The Kier molecular flexibility index (Phi) is 19.9. The van der Waals surface area contributed by atoms with Gasteiger partial charge < -0.3 is 14.4 Å². The molecule has 2 atom stereocenters. The van der Waals surface area contributed by atoms with Crippen LogP contribution >= 0.6 is 0 Å². The van der Waals surface area contributed by atoms with Crippen LogP contribution in [0.25, 0.3) is 0 Å². The van der Waals surface area contributed by atoms with E-state index >= 15 is 0 Å². The summed E-state index contributed by atoms with van der Waals surface area (Å²) < 4.78 is 32.0. The number of hydrogen-bond acceptors (Lipinski definition) is 4. The van der Waals surface area contributed by atoms with E-state index in [0.29, 0.717) is 12.5 Å². The molecule has 0 saturated carbocycles. The number of rotatable bonds is 8. The minimum atomic E-state index is -4.29. The van der Waals surface area contributed by atoms with Crippen LogP contribution in [0.15, 0.2) is 25.3 Å². The van der Waals surface area contributed by atoms with E-state index in [0.717, 1.165) is 17.1 Å². The fourth-order valence-corrected chi connectivity index (χ4v) is 2.15. The van der Waals surface area contributed by atoms with Gasteiger partial charge in [0, 0.05) is 6.04 Å². The van der Waals surface area contributed by atoms with Crippen molar-refractivity contribution in [3.8, 4) is 0 Å². The average molecular weight is 374 g/mol. The number of nitrogens with one attached hydrogen (secondary N) is 1. The minimum absolute atomic E-state index is 0. The quantitative estimate of drug-likeness (QED) is 0.193.